The Bertz CT molecular complexity index is 2390. The normalized spacial score (nSPS) is 11.8. The number of hydrogen-bond donors (Lipinski definition) is 0. The third-order valence-electron chi connectivity index (χ3n) is 7.99. The van der Waals surface area contributed by atoms with Gasteiger partial charge in [0.2, 0.25) is 0 Å². The zero-order valence-corrected chi connectivity index (χ0v) is 30.9. The van der Waals surface area contributed by atoms with Crippen molar-refractivity contribution < 1.29 is 33.3 Å². The van der Waals surface area contributed by atoms with Crippen molar-refractivity contribution in [3.63, 3.8) is 0 Å². The Kier molecular flexibility index (Phi) is 11.2. The van der Waals surface area contributed by atoms with Crippen LogP contribution in [-0.2, 0) is 19.1 Å². The summed E-state index contributed by atoms with van der Waals surface area (Å²) in [6, 6.07) is 28.8. The van der Waals surface area contributed by atoms with Crippen molar-refractivity contribution in [2.75, 3.05) is 6.61 Å². The Morgan fingerprint density at radius 3 is 2.24 bits per heavy atom. The number of nitrogens with zero attached hydrogens (tertiary/aromatic N) is 4. The van der Waals surface area contributed by atoms with Crippen molar-refractivity contribution in [3.05, 3.63) is 139 Å². The van der Waals surface area contributed by atoms with Gasteiger partial charge in [-0.25, -0.2) is 19.4 Å². The number of para-hydroxylation sites is 3. The third-order valence-corrected chi connectivity index (χ3v) is 9.07. The monoisotopic (exact) mass is 740 g/mol. The molecule has 4 aromatic carbocycles. The van der Waals surface area contributed by atoms with Gasteiger partial charge in [0.05, 0.1) is 38.7 Å². The fraction of sp³-hybridized carbons (Fsp3) is 0.143. The molecule has 0 N–H and O–H groups in total. The van der Waals surface area contributed by atoms with Gasteiger partial charge >= 0.3 is 17.9 Å². The molecule has 2 heterocycles. The van der Waals surface area contributed by atoms with Crippen LogP contribution in [0.25, 0.3) is 43.4 Å². The molecule has 12 heteroatoms. The van der Waals surface area contributed by atoms with Gasteiger partial charge in [-0.15, -0.1) is 16.4 Å². The van der Waals surface area contributed by atoms with Crippen LogP contribution in [0, 0.1) is 5.92 Å². The lowest BCUT2D eigenvalue weighted by atomic mass is 10.1. The highest BCUT2D eigenvalue weighted by Gasteiger charge is 2.25. The van der Waals surface area contributed by atoms with Gasteiger partial charge in [0.15, 0.2) is 11.6 Å². The SMILES string of the molecule is C=C(C)OCC(C)C(=O)OC(=C)/C(=C\C)c1nc(-c2ccccc2OC(=O)c2ccccc2OC(C)=O)n(-c2ccc(-c3nc4ccccc4s3)cc2)n1. The molecule has 0 saturated carbocycles. The number of allylic oxidation sites excluding steroid dienone is 3. The summed E-state index contributed by atoms with van der Waals surface area (Å²) in [6.45, 7) is 14.2. The molecule has 0 bridgehead atoms. The number of ether oxygens (including phenoxy) is 4. The number of aromatic nitrogens is 4. The van der Waals surface area contributed by atoms with Crippen molar-refractivity contribution in [3.8, 4) is 39.1 Å². The maximum atomic E-state index is 13.5. The number of carbonyl (C=O) groups is 3. The van der Waals surface area contributed by atoms with Crippen LogP contribution in [0.3, 0.4) is 0 Å². The average Bonchev–Trinajstić information content (AvgIpc) is 3.80. The van der Waals surface area contributed by atoms with E-state index in [0.29, 0.717) is 28.4 Å². The Labute approximate surface area is 315 Å². The number of rotatable bonds is 13. The van der Waals surface area contributed by atoms with Crippen molar-refractivity contribution >= 4 is 45.0 Å². The van der Waals surface area contributed by atoms with Crippen LogP contribution in [0.2, 0.25) is 0 Å². The van der Waals surface area contributed by atoms with Crippen LogP contribution in [-0.4, -0.2) is 44.3 Å². The van der Waals surface area contributed by atoms with E-state index in [0.717, 1.165) is 20.8 Å². The number of esters is 3. The lowest BCUT2D eigenvalue weighted by molar-refractivity contribution is -0.144. The first-order valence-electron chi connectivity index (χ1n) is 16.9. The summed E-state index contributed by atoms with van der Waals surface area (Å²) in [6.07, 6.45) is 1.70. The van der Waals surface area contributed by atoms with E-state index in [-0.39, 0.29) is 35.3 Å². The van der Waals surface area contributed by atoms with E-state index >= 15 is 0 Å². The summed E-state index contributed by atoms with van der Waals surface area (Å²) >= 11 is 1.59. The maximum absolute atomic E-state index is 13.5. The topological polar surface area (TPSA) is 132 Å². The highest BCUT2D eigenvalue weighted by atomic mass is 32.1. The first-order valence-corrected chi connectivity index (χ1v) is 17.7. The zero-order valence-electron chi connectivity index (χ0n) is 30.1. The molecule has 0 aliphatic rings. The van der Waals surface area contributed by atoms with Gasteiger partial charge in [0.25, 0.3) is 0 Å². The minimum Gasteiger partial charge on any atom is -0.498 e. The number of hydrogen-bond acceptors (Lipinski definition) is 11. The summed E-state index contributed by atoms with van der Waals surface area (Å²) in [4.78, 5) is 47.9. The number of fused-ring (bicyclic) bond motifs is 1. The van der Waals surface area contributed by atoms with Crippen LogP contribution in [0.4, 0.5) is 0 Å². The largest absolute Gasteiger partial charge is 0.498 e. The van der Waals surface area contributed by atoms with Gasteiger partial charge in [-0.3, -0.25) is 9.59 Å². The minimum absolute atomic E-state index is 0.0429. The quantitative estimate of drug-likeness (QED) is 0.0489. The summed E-state index contributed by atoms with van der Waals surface area (Å²) in [5.74, 6) is -1.18. The zero-order chi connectivity index (χ0) is 38.4. The second-order valence-electron chi connectivity index (χ2n) is 12.1. The van der Waals surface area contributed by atoms with Crippen molar-refractivity contribution in [1.82, 2.24) is 19.7 Å². The van der Waals surface area contributed by atoms with E-state index < -0.39 is 23.8 Å². The van der Waals surface area contributed by atoms with E-state index in [1.807, 2.05) is 48.5 Å². The van der Waals surface area contributed by atoms with E-state index in [9.17, 15) is 14.4 Å². The summed E-state index contributed by atoms with van der Waals surface area (Å²) in [5.41, 5.74) is 3.33. The molecule has 0 aliphatic heterocycles. The molecule has 1 atom stereocenters. The molecule has 0 amide bonds. The lowest BCUT2D eigenvalue weighted by Gasteiger charge is -2.14. The van der Waals surface area contributed by atoms with Crippen LogP contribution < -0.4 is 9.47 Å². The van der Waals surface area contributed by atoms with Gasteiger partial charge in [-0.05, 0) is 81.4 Å². The molecular formula is C42H36N4O7S. The predicted octanol–water partition coefficient (Wildman–Crippen LogP) is 9.00. The van der Waals surface area contributed by atoms with E-state index in [2.05, 4.69) is 13.2 Å². The predicted molar refractivity (Wildman–Crippen MR) is 207 cm³/mol. The highest BCUT2D eigenvalue weighted by molar-refractivity contribution is 7.21. The summed E-state index contributed by atoms with van der Waals surface area (Å²) in [7, 11) is 0. The van der Waals surface area contributed by atoms with Crippen molar-refractivity contribution in [2.45, 2.75) is 27.7 Å². The third kappa shape index (κ3) is 8.35. The molecule has 2 aromatic heterocycles. The Hall–Kier alpha value is -6.66. The molecule has 0 radical (unpaired) electrons. The van der Waals surface area contributed by atoms with E-state index in [1.165, 1.54) is 19.1 Å². The first kappa shape index (κ1) is 37.1. The van der Waals surface area contributed by atoms with Gasteiger partial charge in [0, 0.05) is 12.5 Å². The lowest BCUT2D eigenvalue weighted by Crippen LogP contribution is -2.19. The standard InChI is InChI=1S/C42H36N4O7S/c1-7-31(27(5)51-41(48)26(4)24-50-25(2)3)38-44-39(32-14-8-11-17-35(32)53-42(49)33-15-9-12-18-36(33)52-28(6)47)46(45-38)30-22-20-29(21-23-30)40-43-34-16-10-13-19-37(34)54-40/h7-23,26H,2,5,24H2,1,3-4,6H3/b31-7+. The Balaban J connectivity index is 1.39. The molecule has 0 fully saturated rings. The molecule has 6 rings (SSSR count). The molecule has 0 aliphatic carbocycles. The number of carbonyl (C=O) groups excluding carboxylic acids is 3. The molecule has 54 heavy (non-hydrogen) atoms. The summed E-state index contributed by atoms with van der Waals surface area (Å²) < 4.78 is 24.9. The van der Waals surface area contributed by atoms with E-state index in [1.54, 1.807) is 79.3 Å². The number of benzene rings is 4. The smallest absolute Gasteiger partial charge is 0.347 e. The molecular weight excluding hydrogens is 705 g/mol. The van der Waals surface area contributed by atoms with Gasteiger partial charge in [-0.1, -0.05) is 55.6 Å². The van der Waals surface area contributed by atoms with Gasteiger partial charge in [-0.2, -0.15) is 0 Å². The van der Waals surface area contributed by atoms with Crippen LogP contribution in [0.15, 0.2) is 128 Å². The fourth-order valence-corrected chi connectivity index (χ4v) is 6.29. The fourth-order valence-electron chi connectivity index (χ4n) is 5.32. The van der Waals surface area contributed by atoms with Gasteiger partial charge < -0.3 is 18.9 Å². The average molecular weight is 741 g/mol. The van der Waals surface area contributed by atoms with Crippen molar-refractivity contribution in [2.24, 2.45) is 5.92 Å². The molecule has 272 valence electrons. The molecule has 6 aromatic rings. The highest BCUT2D eigenvalue weighted by Crippen LogP contribution is 2.35. The molecule has 0 saturated heterocycles. The first-order chi connectivity index (χ1) is 26.0. The molecule has 0 spiro atoms. The number of thiazole rings is 1. The van der Waals surface area contributed by atoms with Crippen molar-refractivity contribution in [1.29, 1.82) is 0 Å². The molecule has 1 unspecified atom stereocenters. The molecule has 11 nitrogen and oxygen atoms in total. The minimum atomic E-state index is -0.745. The van der Waals surface area contributed by atoms with Crippen LogP contribution in [0.5, 0.6) is 11.5 Å². The second-order valence-corrected chi connectivity index (χ2v) is 13.2. The van der Waals surface area contributed by atoms with Crippen LogP contribution >= 0.6 is 11.3 Å². The summed E-state index contributed by atoms with van der Waals surface area (Å²) in [5, 5.41) is 5.73. The van der Waals surface area contributed by atoms with E-state index in [4.69, 9.17) is 34.0 Å². The maximum Gasteiger partial charge on any atom is 0.347 e. The Morgan fingerprint density at radius 2 is 1.54 bits per heavy atom. The second kappa shape index (κ2) is 16.3. The van der Waals surface area contributed by atoms with Gasteiger partial charge in [0.1, 0.15) is 34.4 Å². The van der Waals surface area contributed by atoms with Crippen LogP contribution in [0.1, 0.15) is 43.9 Å². The Morgan fingerprint density at radius 1 is 0.852 bits per heavy atom.